The van der Waals surface area contributed by atoms with E-state index in [-0.39, 0.29) is 24.8 Å². The highest BCUT2D eigenvalue weighted by Crippen LogP contribution is 2.33. The molecule has 8 nitrogen and oxygen atoms in total. The fourth-order valence-corrected chi connectivity index (χ4v) is 5.56. The number of ether oxygens (including phenoxy) is 3. The smallest absolute Gasteiger partial charge is 0.257 e. The first kappa shape index (κ1) is 27.1. The Balaban J connectivity index is 1.37. The number of amides is 2. The second kappa shape index (κ2) is 12.6. The van der Waals surface area contributed by atoms with E-state index in [9.17, 15) is 14.0 Å². The Morgan fingerprint density at radius 1 is 1.00 bits per heavy atom. The van der Waals surface area contributed by atoms with Gasteiger partial charge < -0.3 is 24.0 Å². The van der Waals surface area contributed by atoms with E-state index in [1.165, 1.54) is 17.0 Å². The second-order valence-electron chi connectivity index (χ2n) is 9.62. The van der Waals surface area contributed by atoms with E-state index in [2.05, 4.69) is 4.90 Å². The predicted octanol–water partition coefficient (Wildman–Crippen LogP) is 3.93. The Labute approximate surface area is 231 Å². The van der Waals surface area contributed by atoms with Crippen molar-refractivity contribution in [1.29, 1.82) is 0 Å². The lowest BCUT2D eigenvalue weighted by atomic mass is 10.1. The van der Waals surface area contributed by atoms with Gasteiger partial charge in [-0.1, -0.05) is 18.2 Å². The first-order valence-electron chi connectivity index (χ1n) is 13.0. The van der Waals surface area contributed by atoms with Gasteiger partial charge in [0.1, 0.15) is 12.4 Å². The molecule has 2 aliphatic heterocycles. The third-order valence-corrected chi connectivity index (χ3v) is 7.98. The van der Waals surface area contributed by atoms with Gasteiger partial charge in [-0.3, -0.25) is 14.5 Å². The lowest BCUT2D eigenvalue weighted by Crippen LogP contribution is -2.47. The summed E-state index contributed by atoms with van der Waals surface area (Å²) in [6.07, 6.45) is 0. The van der Waals surface area contributed by atoms with E-state index in [0.717, 1.165) is 29.1 Å². The molecule has 0 aliphatic carbocycles. The van der Waals surface area contributed by atoms with E-state index in [1.807, 2.05) is 36.6 Å². The summed E-state index contributed by atoms with van der Waals surface area (Å²) in [5.41, 5.74) is 1.96. The highest BCUT2D eigenvalue weighted by Gasteiger charge is 2.26. The Bertz CT molecular complexity index is 1310. The van der Waals surface area contributed by atoms with E-state index in [0.29, 0.717) is 50.9 Å². The number of morpholine rings is 1. The van der Waals surface area contributed by atoms with E-state index >= 15 is 0 Å². The van der Waals surface area contributed by atoms with Gasteiger partial charge in [-0.2, -0.15) is 0 Å². The van der Waals surface area contributed by atoms with Crippen LogP contribution in [-0.2, 0) is 22.6 Å². The van der Waals surface area contributed by atoms with Crippen molar-refractivity contribution in [3.05, 3.63) is 81.3 Å². The normalized spacial score (nSPS) is 14.8. The summed E-state index contributed by atoms with van der Waals surface area (Å²) in [6, 6.07) is 13.6. The molecule has 0 spiro atoms. The van der Waals surface area contributed by atoms with Crippen molar-refractivity contribution >= 4 is 23.2 Å². The molecule has 3 aromatic rings. The van der Waals surface area contributed by atoms with Crippen molar-refractivity contribution in [2.45, 2.75) is 20.0 Å². The van der Waals surface area contributed by atoms with Gasteiger partial charge in [0.05, 0.1) is 25.3 Å². The predicted molar refractivity (Wildman–Crippen MR) is 145 cm³/mol. The molecule has 1 fully saturated rings. The fraction of sp³-hybridized carbons (Fsp3) is 0.379. The van der Waals surface area contributed by atoms with Crippen molar-refractivity contribution in [3.63, 3.8) is 0 Å². The number of rotatable bonds is 10. The van der Waals surface area contributed by atoms with Crippen LogP contribution in [0.3, 0.4) is 0 Å². The zero-order chi connectivity index (χ0) is 27.2. The molecule has 1 aromatic heterocycles. The Hall–Kier alpha value is -3.47. The van der Waals surface area contributed by atoms with Gasteiger partial charge in [0, 0.05) is 37.6 Å². The van der Waals surface area contributed by atoms with Crippen LogP contribution < -0.4 is 9.47 Å². The summed E-state index contributed by atoms with van der Waals surface area (Å²) in [5.74, 6) is 0.0134. The van der Waals surface area contributed by atoms with Gasteiger partial charge in [-0.25, -0.2) is 4.39 Å². The maximum Gasteiger partial charge on any atom is 0.257 e. The summed E-state index contributed by atoms with van der Waals surface area (Å²) >= 11 is 1.59. The average Bonchev–Trinajstić information content (AvgIpc) is 3.59. The zero-order valence-corrected chi connectivity index (χ0v) is 22.8. The maximum atomic E-state index is 14.6. The highest BCUT2D eigenvalue weighted by molar-refractivity contribution is 7.10. The molecule has 0 N–H and O–H groups in total. The molecule has 0 radical (unpaired) electrons. The van der Waals surface area contributed by atoms with Crippen LogP contribution in [0.1, 0.15) is 26.4 Å². The first-order valence-corrected chi connectivity index (χ1v) is 13.9. The summed E-state index contributed by atoms with van der Waals surface area (Å²) in [6.45, 7) is 6.41. The molecule has 3 heterocycles. The standard InChI is InChI=1S/C29H32FN3O5S/c1-21-8-15-39-27(21)18-33(17-22-6-7-25-26(16-22)38-20-37-25)28(34)19-32(10-9-31-11-13-36-14-12-31)29(35)23-4-2-3-5-24(23)30/h2-8,15-16H,9-14,17-20H2,1H3. The minimum atomic E-state index is -0.599. The third-order valence-electron chi connectivity index (χ3n) is 6.97. The van der Waals surface area contributed by atoms with Gasteiger partial charge in [0.2, 0.25) is 12.7 Å². The van der Waals surface area contributed by atoms with Crippen LogP contribution in [0.5, 0.6) is 11.5 Å². The SMILES string of the molecule is Cc1ccsc1CN(Cc1ccc2c(c1)OCO2)C(=O)CN(CCN1CCOCC1)C(=O)c1ccccc1F. The van der Waals surface area contributed by atoms with Crippen LogP contribution in [0.25, 0.3) is 0 Å². The summed E-state index contributed by atoms with van der Waals surface area (Å²) < 4.78 is 31.0. The third kappa shape index (κ3) is 6.76. The van der Waals surface area contributed by atoms with Crippen molar-refractivity contribution in [3.8, 4) is 11.5 Å². The molecule has 2 amide bonds. The second-order valence-corrected chi connectivity index (χ2v) is 10.6. The molecule has 2 aliphatic rings. The lowest BCUT2D eigenvalue weighted by Gasteiger charge is -2.31. The number of hydrogen-bond acceptors (Lipinski definition) is 7. The topological polar surface area (TPSA) is 71.6 Å². The Morgan fingerprint density at radius 3 is 2.56 bits per heavy atom. The Kier molecular flexibility index (Phi) is 8.75. The largest absolute Gasteiger partial charge is 0.454 e. The zero-order valence-electron chi connectivity index (χ0n) is 21.9. The minimum absolute atomic E-state index is 0.0382. The number of aryl methyl sites for hydroxylation is 1. The molecule has 0 bridgehead atoms. The molecule has 10 heteroatoms. The number of halogens is 1. The van der Waals surface area contributed by atoms with Crippen molar-refractivity contribution < 1.29 is 28.2 Å². The van der Waals surface area contributed by atoms with E-state index < -0.39 is 11.7 Å². The van der Waals surface area contributed by atoms with Crippen LogP contribution in [0.4, 0.5) is 4.39 Å². The molecule has 2 aromatic carbocycles. The number of thiophene rings is 1. The number of benzene rings is 2. The Morgan fingerprint density at radius 2 is 1.79 bits per heavy atom. The summed E-state index contributed by atoms with van der Waals surface area (Å²) in [5, 5.41) is 2.00. The number of fused-ring (bicyclic) bond motifs is 1. The maximum absolute atomic E-state index is 14.6. The van der Waals surface area contributed by atoms with Crippen LogP contribution in [0, 0.1) is 12.7 Å². The molecule has 0 atom stereocenters. The fourth-order valence-electron chi connectivity index (χ4n) is 4.64. The van der Waals surface area contributed by atoms with Crippen molar-refractivity contribution in [2.24, 2.45) is 0 Å². The van der Waals surface area contributed by atoms with E-state index in [1.54, 1.807) is 28.4 Å². The number of hydrogen-bond donors (Lipinski definition) is 0. The van der Waals surface area contributed by atoms with E-state index in [4.69, 9.17) is 14.2 Å². The first-order chi connectivity index (χ1) is 19.0. The van der Waals surface area contributed by atoms with Crippen molar-refractivity contribution in [1.82, 2.24) is 14.7 Å². The monoisotopic (exact) mass is 553 g/mol. The average molecular weight is 554 g/mol. The lowest BCUT2D eigenvalue weighted by molar-refractivity contribution is -0.133. The number of carbonyl (C=O) groups is 2. The molecule has 5 rings (SSSR count). The van der Waals surface area contributed by atoms with Crippen LogP contribution in [-0.4, -0.2) is 79.2 Å². The molecule has 206 valence electrons. The van der Waals surface area contributed by atoms with Crippen LogP contribution >= 0.6 is 11.3 Å². The minimum Gasteiger partial charge on any atom is -0.454 e. The molecule has 0 unspecified atom stereocenters. The summed E-state index contributed by atoms with van der Waals surface area (Å²) in [7, 11) is 0. The van der Waals surface area contributed by atoms with Crippen LogP contribution in [0.15, 0.2) is 53.9 Å². The van der Waals surface area contributed by atoms with Gasteiger partial charge in [0.15, 0.2) is 11.5 Å². The highest BCUT2D eigenvalue weighted by atomic mass is 32.1. The van der Waals surface area contributed by atoms with Gasteiger partial charge in [-0.05, 0) is 53.8 Å². The molecular formula is C29H32FN3O5S. The van der Waals surface area contributed by atoms with Gasteiger partial charge in [0.25, 0.3) is 5.91 Å². The molecule has 1 saturated heterocycles. The number of nitrogens with zero attached hydrogens (tertiary/aromatic N) is 3. The number of carbonyl (C=O) groups excluding carboxylic acids is 2. The van der Waals surface area contributed by atoms with Crippen LogP contribution in [0.2, 0.25) is 0 Å². The van der Waals surface area contributed by atoms with Gasteiger partial charge >= 0.3 is 0 Å². The quantitative estimate of drug-likeness (QED) is 0.379. The molecular weight excluding hydrogens is 521 g/mol. The molecule has 0 saturated carbocycles. The summed E-state index contributed by atoms with van der Waals surface area (Å²) in [4.78, 5) is 33.8. The van der Waals surface area contributed by atoms with Crippen molar-refractivity contribution in [2.75, 3.05) is 52.7 Å². The van der Waals surface area contributed by atoms with Gasteiger partial charge in [-0.15, -0.1) is 11.3 Å². The molecule has 39 heavy (non-hydrogen) atoms.